The number of halogens is 1. The van der Waals surface area contributed by atoms with Gasteiger partial charge in [-0.05, 0) is 38.9 Å². The maximum absolute atomic E-state index is 11.3. The lowest BCUT2D eigenvalue weighted by Crippen LogP contribution is -2.32. The summed E-state index contributed by atoms with van der Waals surface area (Å²) in [5, 5.41) is 15.2. The molecule has 3 heterocycles. The number of ether oxygens (including phenoxy) is 1. The number of H-pyrrole nitrogens is 2. The molecular formula is C16H22ClN5O2. The number of carbonyl (C=O) groups excluding carboxylic acids is 1. The van der Waals surface area contributed by atoms with Gasteiger partial charge in [0.1, 0.15) is 0 Å². The van der Waals surface area contributed by atoms with E-state index in [-0.39, 0.29) is 12.4 Å². The topological polar surface area (TPSA) is 86.9 Å². The van der Waals surface area contributed by atoms with E-state index in [2.05, 4.69) is 30.0 Å². The lowest BCUT2D eigenvalue weighted by Gasteiger charge is -2.30. The summed E-state index contributed by atoms with van der Waals surface area (Å²) in [5.41, 5.74) is 3.66. The van der Waals surface area contributed by atoms with Gasteiger partial charge in [-0.3, -0.25) is 19.9 Å². The zero-order valence-corrected chi connectivity index (χ0v) is 14.7. The van der Waals surface area contributed by atoms with E-state index in [0.29, 0.717) is 5.92 Å². The van der Waals surface area contributed by atoms with Crippen molar-refractivity contribution in [3.63, 3.8) is 0 Å². The highest BCUT2D eigenvalue weighted by atomic mass is 35.5. The molecule has 0 atom stereocenters. The van der Waals surface area contributed by atoms with Crippen LogP contribution in [0.25, 0.3) is 0 Å². The van der Waals surface area contributed by atoms with Gasteiger partial charge in [0, 0.05) is 18.2 Å². The Bertz CT molecular complexity index is 703. The van der Waals surface area contributed by atoms with Gasteiger partial charge >= 0.3 is 5.97 Å². The molecule has 0 saturated carbocycles. The molecule has 7 nitrogen and oxygen atoms in total. The van der Waals surface area contributed by atoms with Crippen LogP contribution < -0.4 is 0 Å². The first-order valence-electron chi connectivity index (χ1n) is 8.09. The Morgan fingerprint density at radius 2 is 2.12 bits per heavy atom. The maximum Gasteiger partial charge on any atom is 0.311 e. The monoisotopic (exact) mass is 351 g/mol. The number of aromatic amines is 2. The molecule has 1 saturated heterocycles. The summed E-state index contributed by atoms with van der Waals surface area (Å²) < 4.78 is 4.68. The molecule has 0 aliphatic carbocycles. The number of hydrogen-bond acceptors (Lipinski definition) is 5. The smallest absolute Gasteiger partial charge is 0.311 e. The van der Waals surface area contributed by atoms with Gasteiger partial charge in [-0.1, -0.05) is 11.6 Å². The molecule has 0 spiro atoms. The lowest BCUT2D eigenvalue weighted by atomic mass is 9.93. The van der Waals surface area contributed by atoms with Gasteiger partial charge in [0.05, 0.1) is 35.6 Å². The number of rotatable bonds is 5. The lowest BCUT2D eigenvalue weighted by molar-refractivity contribution is -0.139. The number of esters is 1. The number of methoxy groups -OCH3 is 1. The molecule has 2 aromatic rings. The SMILES string of the molecule is COC(=O)Cc1cc(C2CCN(Cc3n[nH]c(C)c3Cl)CC2)n[nH]1. The molecule has 0 unspecified atom stereocenters. The molecule has 0 bridgehead atoms. The molecular weight excluding hydrogens is 330 g/mol. The second kappa shape index (κ2) is 7.36. The summed E-state index contributed by atoms with van der Waals surface area (Å²) in [6, 6.07) is 1.98. The van der Waals surface area contributed by atoms with Crippen molar-refractivity contribution in [3.05, 3.63) is 33.9 Å². The van der Waals surface area contributed by atoms with E-state index < -0.39 is 0 Å². The van der Waals surface area contributed by atoms with Crippen molar-refractivity contribution in [1.82, 2.24) is 25.3 Å². The van der Waals surface area contributed by atoms with E-state index in [1.165, 1.54) is 7.11 Å². The summed E-state index contributed by atoms with van der Waals surface area (Å²) in [6.45, 7) is 4.65. The second-order valence-electron chi connectivity index (χ2n) is 6.23. The van der Waals surface area contributed by atoms with Crippen LogP contribution in [-0.2, 0) is 22.5 Å². The van der Waals surface area contributed by atoms with Crippen LogP contribution in [0, 0.1) is 6.92 Å². The van der Waals surface area contributed by atoms with Gasteiger partial charge in [-0.15, -0.1) is 0 Å². The fourth-order valence-electron chi connectivity index (χ4n) is 3.08. The van der Waals surface area contributed by atoms with Crippen LogP contribution in [-0.4, -0.2) is 51.5 Å². The number of piperidine rings is 1. The van der Waals surface area contributed by atoms with E-state index >= 15 is 0 Å². The van der Waals surface area contributed by atoms with Crippen LogP contribution >= 0.6 is 11.6 Å². The Morgan fingerprint density at radius 3 is 2.75 bits per heavy atom. The Morgan fingerprint density at radius 1 is 1.38 bits per heavy atom. The molecule has 24 heavy (non-hydrogen) atoms. The third kappa shape index (κ3) is 3.79. The minimum Gasteiger partial charge on any atom is -0.469 e. The van der Waals surface area contributed by atoms with Gasteiger partial charge in [0.15, 0.2) is 0 Å². The van der Waals surface area contributed by atoms with E-state index in [9.17, 15) is 4.79 Å². The third-order valence-corrected chi connectivity index (χ3v) is 5.04. The Balaban J connectivity index is 1.53. The molecule has 0 aromatic carbocycles. The van der Waals surface area contributed by atoms with Gasteiger partial charge < -0.3 is 4.74 Å². The second-order valence-corrected chi connectivity index (χ2v) is 6.61. The first kappa shape index (κ1) is 17.0. The van der Waals surface area contributed by atoms with Crippen molar-refractivity contribution in [2.45, 2.75) is 38.6 Å². The van der Waals surface area contributed by atoms with Crippen molar-refractivity contribution < 1.29 is 9.53 Å². The number of nitrogens with one attached hydrogen (secondary N) is 2. The standard InChI is InChI=1S/C16H22ClN5O2/c1-10-16(17)14(21-18-10)9-22-5-3-11(4-6-22)13-7-12(19-20-13)8-15(23)24-2/h7,11H,3-6,8-9H2,1-2H3,(H,18,21)(H,19,20). The maximum atomic E-state index is 11.3. The number of hydrogen-bond donors (Lipinski definition) is 2. The van der Waals surface area contributed by atoms with Crippen molar-refractivity contribution in [2.75, 3.05) is 20.2 Å². The molecule has 1 aliphatic rings. The zero-order chi connectivity index (χ0) is 17.1. The quantitative estimate of drug-likeness (QED) is 0.806. The fourth-order valence-corrected chi connectivity index (χ4v) is 3.22. The van der Waals surface area contributed by atoms with Crippen LogP contribution in [0.1, 0.15) is 41.5 Å². The summed E-state index contributed by atoms with van der Waals surface area (Å²) in [5.74, 6) is 0.159. The van der Waals surface area contributed by atoms with Crippen molar-refractivity contribution in [1.29, 1.82) is 0 Å². The summed E-state index contributed by atoms with van der Waals surface area (Å²) in [4.78, 5) is 13.7. The Labute approximate surface area is 145 Å². The van der Waals surface area contributed by atoms with E-state index in [1.54, 1.807) is 0 Å². The van der Waals surface area contributed by atoms with Crippen molar-refractivity contribution >= 4 is 17.6 Å². The van der Waals surface area contributed by atoms with Crippen LogP contribution in [0.3, 0.4) is 0 Å². The molecule has 130 valence electrons. The third-order valence-electron chi connectivity index (χ3n) is 4.53. The molecule has 1 aliphatic heterocycles. The minimum absolute atomic E-state index is 0.235. The molecule has 0 amide bonds. The molecule has 1 fully saturated rings. The van der Waals surface area contributed by atoms with Crippen LogP contribution in [0.4, 0.5) is 0 Å². The largest absolute Gasteiger partial charge is 0.469 e. The molecule has 2 aromatic heterocycles. The van der Waals surface area contributed by atoms with Gasteiger partial charge in [-0.25, -0.2) is 0 Å². The molecule has 0 radical (unpaired) electrons. The number of likely N-dealkylation sites (tertiary alicyclic amines) is 1. The predicted octanol–water partition coefficient (Wildman–Crippen LogP) is 2.19. The number of carbonyl (C=O) groups is 1. The van der Waals surface area contributed by atoms with Crippen LogP contribution in [0.2, 0.25) is 5.02 Å². The molecule has 3 rings (SSSR count). The predicted molar refractivity (Wildman–Crippen MR) is 89.9 cm³/mol. The number of aryl methyl sites for hydroxylation is 1. The molecule has 8 heteroatoms. The normalized spacial score (nSPS) is 16.5. The van der Waals surface area contributed by atoms with Crippen molar-refractivity contribution in [2.24, 2.45) is 0 Å². The zero-order valence-electron chi connectivity index (χ0n) is 13.9. The summed E-state index contributed by atoms with van der Waals surface area (Å²) in [6.07, 6.45) is 2.30. The first-order chi connectivity index (χ1) is 11.6. The van der Waals surface area contributed by atoms with Crippen LogP contribution in [0.5, 0.6) is 0 Å². The highest BCUT2D eigenvalue weighted by Crippen LogP contribution is 2.28. The van der Waals surface area contributed by atoms with Gasteiger partial charge in [0.25, 0.3) is 0 Å². The van der Waals surface area contributed by atoms with Gasteiger partial charge in [0.2, 0.25) is 0 Å². The highest BCUT2D eigenvalue weighted by molar-refractivity contribution is 6.31. The van der Waals surface area contributed by atoms with E-state index in [4.69, 9.17) is 11.6 Å². The number of nitrogens with zero attached hydrogens (tertiary/aromatic N) is 3. The molecule has 2 N–H and O–H groups in total. The average Bonchev–Trinajstić information content (AvgIpc) is 3.17. The summed E-state index contributed by atoms with van der Waals surface area (Å²) >= 11 is 6.24. The van der Waals surface area contributed by atoms with Gasteiger partial charge in [-0.2, -0.15) is 10.2 Å². The van der Waals surface area contributed by atoms with E-state index in [1.807, 2.05) is 13.0 Å². The van der Waals surface area contributed by atoms with Crippen LogP contribution in [0.15, 0.2) is 6.07 Å². The minimum atomic E-state index is -0.258. The summed E-state index contributed by atoms with van der Waals surface area (Å²) in [7, 11) is 1.39. The average molecular weight is 352 g/mol. The first-order valence-corrected chi connectivity index (χ1v) is 8.47. The fraction of sp³-hybridized carbons (Fsp3) is 0.562. The Hall–Kier alpha value is -1.86. The Kier molecular flexibility index (Phi) is 5.20. The van der Waals surface area contributed by atoms with E-state index in [0.717, 1.165) is 60.3 Å². The van der Waals surface area contributed by atoms with Crippen molar-refractivity contribution in [3.8, 4) is 0 Å². The highest BCUT2D eigenvalue weighted by Gasteiger charge is 2.24. The number of aromatic nitrogens is 4.